The van der Waals surface area contributed by atoms with Crippen LogP contribution in [0.2, 0.25) is 0 Å². The lowest BCUT2D eigenvalue weighted by atomic mass is 9.94. The highest BCUT2D eigenvalue weighted by molar-refractivity contribution is 5.93. The summed E-state index contributed by atoms with van der Waals surface area (Å²) < 4.78 is 15.4. The summed E-state index contributed by atoms with van der Waals surface area (Å²) in [7, 11) is 1.49. The minimum absolute atomic E-state index is 0.0351. The molecule has 2 aromatic heterocycles. The van der Waals surface area contributed by atoms with Crippen molar-refractivity contribution in [3.05, 3.63) is 66.1 Å². The zero-order valence-corrected chi connectivity index (χ0v) is 13.6. The fourth-order valence-electron chi connectivity index (χ4n) is 2.46. The fourth-order valence-corrected chi connectivity index (χ4v) is 2.46. The van der Waals surface area contributed by atoms with Crippen LogP contribution in [0.3, 0.4) is 0 Å². The SMILES string of the molecule is COC[C@](O)(CNC(=O)c1cc(-c2ccco2)on1)c1ccccc1. The molecule has 0 unspecified atom stereocenters. The number of carbonyl (C=O) groups is 1. The van der Waals surface area contributed by atoms with Crippen LogP contribution in [0.4, 0.5) is 0 Å². The Morgan fingerprint density at radius 1 is 1.24 bits per heavy atom. The van der Waals surface area contributed by atoms with Crippen LogP contribution in [-0.2, 0) is 10.3 Å². The number of benzene rings is 1. The van der Waals surface area contributed by atoms with E-state index < -0.39 is 11.5 Å². The molecule has 1 atom stereocenters. The molecule has 130 valence electrons. The van der Waals surface area contributed by atoms with E-state index >= 15 is 0 Å². The highest BCUT2D eigenvalue weighted by atomic mass is 16.5. The Morgan fingerprint density at radius 3 is 2.72 bits per heavy atom. The maximum Gasteiger partial charge on any atom is 0.273 e. The number of nitrogens with one attached hydrogen (secondary N) is 1. The van der Waals surface area contributed by atoms with Crippen molar-refractivity contribution in [1.82, 2.24) is 10.5 Å². The first-order valence-corrected chi connectivity index (χ1v) is 7.68. The Balaban J connectivity index is 1.70. The Morgan fingerprint density at radius 2 is 2.04 bits per heavy atom. The van der Waals surface area contributed by atoms with Crippen LogP contribution in [0, 0.1) is 0 Å². The van der Waals surface area contributed by atoms with Crippen LogP contribution in [0.25, 0.3) is 11.5 Å². The molecule has 25 heavy (non-hydrogen) atoms. The maximum atomic E-state index is 12.3. The minimum Gasteiger partial charge on any atom is -0.461 e. The Kier molecular flexibility index (Phi) is 4.97. The first-order chi connectivity index (χ1) is 12.1. The van der Waals surface area contributed by atoms with Gasteiger partial charge < -0.3 is 24.1 Å². The van der Waals surface area contributed by atoms with Gasteiger partial charge in [-0.1, -0.05) is 35.5 Å². The molecule has 7 nitrogen and oxygen atoms in total. The third kappa shape index (κ3) is 3.78. The summed E-state index contributed by atoms with van der Waals surface area (Å²) in [5.74, 6) is 0.365. The van der Waals surface area contributed by atoms with Crippen LogP contribution in [-0.4, -0.2) is 36.4 Å². The molecular weight excluding hydrogens is 324 g/mol. The molecule has 2 heterocycles. The van der Waals surface area contributed by atoms with Crippen molar-refractivity contribution in [2.45, 2.75) is 5.60 Å². The lowest BCUT2D eigenvalue weighted by molar-refractivity contribution is -0.0335. The normalized spacial score (nSPS) is 13.4. The molecule has 0 aliphatic carbocycles. The van der Waals surface area contributed by atoms with Crippen LogP contribution in [0.15, 0.2) is 63.7 Å². The standard InChI is InChI=1S/C18H18N2O5/c1-23-12-18(22,13-6-3-2-4-7-13)11-19-17(21)14-10-16(25-20-14)15-8-5-9-24-15/h2-10,22H,11-12H2,1H3,(H,19,21)/t18-/m1/s1. The molecule has 0 saturated heterocycles. The fraction of sp³-hybridized carbons (Fsp3) is 0.222. The van der Waals surface area contributed by atoms with E-state index in [1.54, 1.807) is 24.3 Å². The third-order valence-electron chi connectivity index (χ3n) is 3.74. The Bertz CT molecular complexity index is 813. The van der Waals surface area contributed by atoms with E-state index in [0.717, 1.165) is 0 Å². The number of amides is 1. The van der Waals surface area contributed by atoms with Crippen molar-refractivity contribution in [2.24, 2.45) is 0 Å². The number of furan rings is 1. The second-order valence-corrected chi connectivity index (χ2v) is 5.57. The molecule has 0 bridgehead atoms. The van der Waals surface area contributed by atoms with Crippen molar-refractivity contribution in [1.29, 1.82) is 0 Å². The van der Waals surface area contributed by atoms with Crippen molar-refractivity contribution < 1.29 is 23.6 Å². The van der Waals surface area contributed by atoms with Gasteiger partial charge in [-0.05, 0) is 17.7 Å². The molecule has 0 aliphatic rings. The second kappa shape index (κ2) is 7.33. The lowest BCUT2D eigenvalue weighted by Gasteiger charge is -2.28. The molecule has 0 fully saturated rings. The summed E-state index contributed by atoms with van der Waals surface area (Å²) in [6.45, 7) is 0.000383. The zero-order chi connectivity index (χ0) is 17.7. The van der Waals surface area contributed by atoms with Gasteiger partial charge >= 0.3 is 0 Å². The highest BCUT2D eigenvalue weighted by Crippen LogP contribution is 2.22. The molecule has 1 aromatic carbocycles. The van der Waals surface area contributed by atoms with E-state index in [9.17, 15) is 9.90 Å². The number of methoxy groups -OCH3 is 1. The van der Waals surface area contributed by atoms with Gasteiger partial charge in [0.2, 0.25) is 5.76 Å². The van der Waals surface area contributed by atoms with Crippen molar-refractivity contribution >= 4 is 5.91 Å². The predicted molar refractivity (Wildman–Crippen MR) is 88.8 cm³/mol. The average Bonchev–Trinajstić information content (AvgIpc) is 3.32. The number of carbonyl (C=O) groups excluding carboxylic acids is 1. The number of nitrogens with zero attached hydrogens (tertiary/aromatic N) is 1. The largest absolute Gasteiger partial charge is 0.461 e. The van der Waals surface area contributed by atoms with Crippen molar-refractivity contribution in [3.63, 3.8) is 0 Å². The van der Waals surface area contributed by atoms with Gasteiger partial charge in [0.25, 0.3) is 5.91 Å². The minimum atomic E-state index is -1.35. The molecule has 0 radical (unpaired) electrons. The molecule has 7 heteroatoms. The molecule has 1 amide bonds. The highest BCUT2D eigenvalue weighted by Gasteiger charge is 2.30. The van der Waals surface area contributed by atoms with Crippen LogP contribution in [0.5, 0.6) is 0 Å². The van der Waals surface area contributed by atoms with E-state index in [0.29, 0.717) is 17.1 Å². The first kappa shape index (κ1) is 16.9. The van der Waals surface area contributed by atoms with Gasteiger partial charge in [0.15, 0.2) is 11.5 Å². The number of aliphatic hydroxyl groups is 1. The maximum absolute atomic E-state index is 12.3. The van der Waals surface area contributed by atoms with Crippen LogP contribution < -0.4 is 5.32 Å². The molecule has 0 spiro atoms. The summed E-state index contributed by atoms with van der Waals surface area (Å²) in [4.78, 5) is 12.3. The number of rotatable bonds is 7. The molecule has 3 aromatic rings. The number of aromatic nitrogens is 1. The lowest BCUT2D eigenvalue weighted by Crippen LogP contribution is -2.44. The summed E-state index contributed by atoms with van der Waals surface area (Å²) in [6.07, 6.45) is 1.50. The number of hydrogen-bond donors (Lipinski definition) is 2. The Hall–Kier alpha value is -2.90. The predicted octanol–water partition coefficient (Wildman–Crippen LogP) is 2.20. The van der Waals surface area contributed by atoms with E-state index in [2.05, 4.69) is 10.5 Å². The number of ether oxygens (including phenoxy) is 1. The van der Waals surface area contributed by atoms with Gasteiger partial charge in [-0.15, -0.1) is 0 Å². The van der Waals surface area contributed by atoms with Gasteiger partial charge in [-0.2, -0.15) is 0 Å². The molecule has 0 aliphatic heterocycles. The van der Waals surface area contributed by atoms with Gasteiger partial charge in [-0.25, -0.2) is 0 Å². The van der Waals surface area contributed by atoms with E-state index in [1.807, 2.05) is 18.2 Å². The summed E-state index contributed by atoms with van der Waals surface area (Å²) in [5, 5.41) is 17.2. The van der Waals surface area contributed by atoms with E-state index in [-0.39, 0.29) is 18.8 Å². The second-order valence-electron chi connectivity index (χ2n) is 5.57. The van der Waals surface area contributed by atoms with Gasteiger partial charge in [0.05, 0.1) is 19.4 Å². The molecule has 0 saturated carbocycles. The summed E-state index contributed by atoms with van der Waals surface area (Å²) in [6, 6.07) is 13.9. The van der Waals surface area contributed by atoms with Crippen LogP contribution >= 0.6 is 0 Å². The van der Waals surface area contributed by atoms with E-state index in [4.69, 9.17) is 13.7 Å². The zero-order valence-electron chi connectivity index (χ0n) is 13.6. The Labute approximate surface area is 144 Å². The van der Waals surface area contributed by atoms with Crippen LogP contribution in [0.1, 0.15) is 16.1 Å². The summed E-state index contributed by atoms with van der Waals surface area (Å²) in [5.41, 5.74) is -0.605. The van der Waals surface area contributed by atoms with Crippen molar-refractivity contribution in [3.8, 4) is 11.5 Å². The first-order valence-electron chi connectivity index (χ1n) is 7.68. The van der Waals surface area contributed by atoms with Gasteiger partial charge in [0.1, 0.15) is 5.60 Å². The molecular formula is C18H18N2O5. The average molecular weight is 342 g/mol. The van der Waals surface area contributed by atoms with E-state index in [1.165, 1.54) is 19.4 Å². The monoisotopic (exact) mass is 342 g/mol. The van der Waals surface area contributed by atoms with Gasteiger partial charge in [0, 0.05) is 13.2 Å². The molecule has 3 rings (SSSR count). The van der Waals surface area contributed by atoms with Gasteiger partial charge in [-0.3, -0.25) is 4.79 Å². The topological polar surface area (TPSA) is 97.7 Å². The van der Waals surface area contributed by atoms with Crippen molar-refractivity contribution in [2.75, 3.05) is 20.3 Å². The quantitative estimate of drug-likeness (QED) is 0.683. The summed E-state index contributed by atoms with van der Waals surface area (Å²) >= 11 is 0. The smallest absolute Gasteiger partial charge is 0.273 e. The number of hydrogen-bond acceptors (Lipinski definition) is 6. The molecule has 2 N–H and O–H groups in total. The third-order valence-corrected chi connectivity index (χ3v) is 3.74.